The molecule has 11 nitrogen and oxygen atoms in total. The number of hydrogen-bond donors (Lipinski definition) is 4. The Morgan fingerprint density at radius 2 is 1.64 bits per heavy atom. The summed E-state index contributed by atoms with van der Waals surface area (Å²) in [6.45, 7) is 0. The first-order valence-corrected chi connectivity index (χ1v) is 9.55. The maximum absolute atomic E-state index is 12.4. The third-order valence-corrected chi connectivity index (χ3v) is 5.05. The smallest absolute Gasteiger partial charge is 0.332 e. The molecule has 3 heterocycles. The number of aryl methyl sites for hydroxylation is 1. The molecule has 168 valence electrons. The van der Waals surface area contributed by atoms with Crippen LogP contribution in [0.25, 0.3) is 33.3 Å². The summed E-state index contributed by atoms with van der Waals surface area (Å²) in [5.41, 5.74) is 0.534. The number of nitrogens with zero attached hydrogens (tertiary/aromatic N) is 3. The summed E-state index contributed by atoms with van der Waals surface area (Å²) < 4.78 is 7.66. The number of phenols is 3. The van der Waals surface area contributed by atoms with Crippen molar-refractivity contribution in [3.8, 4) is 28.4 Å². The summed E-state index contributed by atoms with van der Waals surface area (Å²) in [6, 6.07) is 8.40. The first kappa shape index (κ1) is 21.4. The van der Waals surface area contributed by atoms with Crippen LogP contribution in [-0.4, -0.2) is 34.4 Å². The molecule has 0 saturated heterocycles. The summed E-state index contributed by atoms with van der Waals surface area (Å²) in [4.78, 5) is 41.8. The first-order valence-electron chi connectivity index (χ1n) is 9.55. The van der Waals surface area contributed by atoms with E-state index < -0.39 is 5.43 Å². The molecule has 0 aliphatic carbocycles. The van der Waals surface area contributed by atoms with E-state index in [0.717, 1.165) is 10.6 Å². The molecule has 33 heavy (non-hydrogen) atoms. The number of aromatic amines is 1. The second-order valence-electron chi connectivity index (χ2n) is 7.17. The molecule has 0 bridgehead atoms. The van der Waals surface area contributed by atoms with E-state index in [2.05, 4.69) is 9.97 Å². The molecule has 0 unspecified atom stereocenters. The second-order valence-corrected chi connectivity index (χ2v) is 7.17. The van der Waals surface area contributed by atoms with Crippen molar-refractivity contribution in [1.29, 1.82) is 0 Å². The van der Waals surface area contributed by atoms with Gasteiger partial charge in [-0.3, -0.25) is 18.7 Å². The summed E-state index contributed by atoms with van der Waals surface area (Å²) in [5, 5.41) is 28.4. The average Bonchev–Trinajstić information content (AvgIpc) is 3.27. The Balaban J connectivity index is 0.000000172. The van der Waals surface area contributed by atoms with Crippen molar-refractivity contribution in [2.45, 2.75) is 0 Å². The zero-order valence-electron chi connectivity index (χ0n) is 17.4. The van der Waals surface area contributed by atoms with E-state index in [1.807, 2.05) is 0 Å². The molecule has 0 radical (unpaired) electrons. The molecular weight excluding hydrogens is 432 g/mol. The number of nitrogens with one attached hydrogen (secondary N) is 1. The lowest BCUT2D eigenvalue weighted by Gasteiger charge is -2.05. The van der Waals surface area contributed by atoms with Gasteiger partial charge in [-0.15, -0.1) is 0 Å². The van der Waals surface area contributed by atoms with Crippen molar-refractivity contribution in [2.24, 2.45) is 14.1 Å². The largest absolute Gasteiger partial charge is 0.508 e. The second kappa shape index (κ2) is 8.04. The van der Waals surface area contributed by atoms with Gasteiger partial charge in [-0.05, 0) is 17.7 Å². The van der Waals surface area contributed by atoms with Gasteiger partial charge in [0, 0.05) is 26.2 Å². The standard InChI is InChI=1S/C15H10O5.C7H8N4O2/c16-9-3-1-8(2-4-9)11-7-20-13-6-10(17)5-12(18)14(13)15(11)19;1-10-5-4(8-3-9-5)6(12)11(2)7(10)13/h1-7,16-18H;3H,1-2H3,(H,8,9). The van der Waals surface area contributed by atoms with Gasteiger partial charge in [0.15, 0.2) is 5.65 Å². The van der Waals surface area contributed by atoms with E-state index in [9.17, 15) is 29.7 Å². The number of benzene rings is 2. The Bertz CT molecular complexity index is 1670. The summed E-state index contributed by atoms with van der Waals surface area (Å²) >= 11 is 0. The highest BCUT2D eigenvalue weighted by Crippen LogP contribution is 2.29. The third-order valence-electron chi connectivity index (χ3n) is 5.05. The van der Waals surface area contributed by atoms with Gasteiger partial charge in [-0.1, -0.05) is 12.1 Å². The van der Waals surface area contributed by atoms with Crippen LogP contribution in [0.3, 0.4) is 0 Å². The zero-order valence-corrected chi connectivity index (χ0v) is 17.4. The minimum atomic E-state index is -0.408. The highest BCUT2D eigenvalue weighted by molar-refractivity contribution is 5.88. The Kier molecular flexibility index (Phi) is 5.22. The van der Waals surface area contributed by atoms with Gasteiger partial charge < -0.3 is 24.7 Å². The zero-order chi connectivity index (χ0) is 23.9. The van der Waals surface area contributed by atoms with E-state index in [1.54, 1.807) is 19.2 Å². The fraction of sp³-hybridized carbons (Fsp3) is 0.0909. The fourth-order valence-electron chi connectivity index (χ4n) is 3.33. The predicted octanol–water partition coefficient (Wildman–Crippen LogP) is 1.54. The monoisotopic (exact) mass is 450 g/mol. The molecule has 3 aromatic heterocycles. The van der Waals surface area contributed by atoms with Gasteiger partial charge in [0.1, 0.15) is 40.0 Å². The number of aromatic nitrogens is 4. The van der Waals surface area contributed by atoms with Crippen molar-refractivity contribution in [2.75, 3.05) is 0 Å². The molecule has 4 N–H and O–H groups in total. The quantitative estimate of drug-likeness (QED) is 0.299. The number of aromatic hydroxyl groups is 3. The van der Waals surface area contributed by atoms with Crippen molar-refractivity contribution in [3.63, 3.8) is 0 Å². The van der Waals surface area contributed by atoms with Crippen molar-refractivity contribution in [3.05, 3.63) is 80.1 Å². The lowest BCUT2D eigenvalue weighted by Crippen LogP contribution is -2.36. The number of imidazole rings is 1. The highest BCUT2D eigenvalue weighted by atomic mass is 16.3. The van der Waals surface area contributed by atoms with Crippen LogP contribution in [0.5, 0.6) is 17.2 Å². The summed E-state index contributed by atoms with van der Waals surface area (Å²) in [5.74, 6) is -0.434. The van der Waals surface area contributed by atoms with Gasteiger partial charge >= 0.3 is 5.69 Å². The van der Waals surface area contributed by atoms with Crippen molar-refractivity contribution in [1.82, 2.24) is 19.1 Å². The lowest BCUT2D eigenvalue weighted by atomic mass is 10.0. The molecule has 0 fully saturated rings. The molecule has 2 aromatic carbocycles. The van der Waals surface area contributed by atoms with Gasteiger partial charge in [-0.25, -0.2) is 9.78 Å². The van der Waals surface area contributed by atoms with Crippen LogP contribution in [0.15, 0.2) is 67.8 Å². The fourth-order valence-corrected chi connectivity index (χ4v) is 3.33. The van der Waals surface area contributed by atoms with E-state index in [-0.39, 0.29) is 45.0 Å². The van der Waals surface area contributed by atoms with Crippen LogP contribution in [0, 0.1) is 0 Å². The van der Waals surface area contributed by atoms with Crippen LogP contribution in [0.2, 0.25) is 0 Å². The Morgan fingerprint density at radius 3 is 2.33 bits per heavy atom. The molecule has 11 heteroatoms. The number of H-pyrrole nitrogens is 1. The maximum Gasteiger partial charge on any atom is 0.332 e. The van der Waals surface area contributed by atoms with E-state index in [1.165, 1.54) is 42.4 Å². The van der Waals surface area contributed by atoms with Crippen LogP contribution in [0.4, 0.5) is 0 Å². The number of phenolic OH excluding ortho intramolecular Hbond substituents is 3. The Morgan fingerprint density at radius 1 is 0.939 bits per heavy atom. The van der Waals surface area contributed by atoms with Crippen molar-refractivity contribution >= 4 is 22.1 Å². The summed E-state index contributed by atoms with van der Waals surface area (Å²) in [6.07, 6.45) is 2.65. The minimum Gasteiger partial charge on any atom is -0.508 e. The van der Waals surface area contributed by atoms with Crippen LogP contribution < -0.4 is 16.7 Å². The lowest BCUT2D eigenvalue weighted by molar-refractivity contribution is 0.452. The molecular formula is C22H18N4O7. The molecule has 0 spiro atoms. The van der Waals surface area contributed by atoms with Gasteiger partial charge in [0.2, 0.25) is 5.43 Å². The average molecular weight is 450 g/mol. The van der Waals surface area contributed by atoms with E-state index in [0.29, 0.717) is 16.7 Å². The van der Waals surface area contributed by atoms with E-state index in [4.69, 9.17) is 4.42 Å². The predicted molar refractivity (Wildman–Crippen MR) is 119 cm³/mol. The first-order chi connectivity index (χ1) is 15.7. The molecule has 0 aliphatic rings. The minimum absolute atomic E-state index is 0.00775. The highest BCUT2D eigenvalue weighted by Gasteiger charge is 2.14. The third kappa shape index (κ3) is 3.71. The molecule has 5 aromatic rings. The van der Waals surface area contributed by atoms with Crippen LogP contribution in [0.1, 0.15) is 0 Å². The Labute approximate surface area is 184 Å². The topological polar surface area (TPSA) is 164 Å². The number of rotatable bonds is 1. The molecule has 0 saturated carbocycles. The Hall–Kier alpha value is -4.80. The van der Waals surface area contributed by atoms with Gasteiger partial charge in [-0.2, -0.15) is 0 Å². The van der Waals surface area contributed by atoms with Crippen molar-refractivity contribution < 1.29 is 19.7 Å². The van der Waals surface area contributed by atoms with Gasteiger partial charge in [0.25, 0.3) is 5.56 Å². The number of hydrogen-bond acceptors (Lipinski definition) is 8. The number of fused-ring (bicyclic) bond motifs is 2. The normalized spacial score (nSPS) is 10.8. The van der Waals surface area contributed by atoms with E-state index >= 15 is 0 Å². The van der Waals surface area contributed by atoms with Gasteiger partial charge in [0.05, 0.1) is 11.9 Å². The molecule has 0 amide bonds. The maximum atomic E-state index is 12.4. The summed E-state index contributed by atoms with van der Waals surface area (Å²) in [7, 11) is 3.01. The van der Waals surface area contributed by atoms with Crippen LogP contribution in [-0.2, 0) is 14.1 Å². The van der Waals surface area contributed by atoms with Crippen LogP contribution >= 0.6 is 0 Å². The molecule has 5 rings (SSSR count). The molecule has 0 aliphatic heterocycles. The SMILES string of the molecule is Cn1c(=O)c2[nH]cnc2n(C)c1=O.O=c1c(-c2ccc(O)cc2)coc2cc(O)cc(O)c12. The molecule has 0 atom stereocenters.